The highest BCUT2D eigenvalue weighted by molar-refractivity contribution is 5.91. The minimum absolute atomic E-state index is 0.0283. The summed E-state index contributed by atoms with van der Waals surface area (Å²) in [5, 5.41) is 12.2. The van der Waals surface area contributed by atoms with Crippen molar-refractivity contribution in [1.29, 1.82) is 0 Å². The van der Waals surface area contributed by atoms with Gasteiger partial charge in [0.1, 0.15) is 6.04 Å². The Labute approximate surface area is 169 Å². The lowest BCUT2D eigenvalue weighted by Gasteiger charge is -2.38. The Bertz CT molecular complexity index is 622. The van der Waals surface area contributed by atoms with Crippen LogP contribution in [0.3, 0.4) is 0 Å². The lowest BCUT2D eigenvalue weighted by Crippen LogP contribution is -2.58. The Kier molecular flexibility index (Phi) is 8.23. The predicted molar refractivity (Wildman–Crippen MR) is 110 cm³/mol. The zero-order valence-corrected chi connectivity index (χ0v) is 18.6. The van der Waals surface area contributed by atoms with Crippen LogP contribution in [0.2, 0.25) is 0 Å². The maximum absolute atomic E-state index is 13.3. The molecular formula is C21H37N3O4. The van der Waals surface area contributed by atoms with E-state index in [1.54, 1.807) is 18.0 Å². The van der Waals surface area contributed by atoms with Crippen LogP contribution >= 0.6 is 0 Å². The van der Waals surface area contributed by atoms with Crippen molar-refractivity contribution in [3.63, 3.8) is 0 Å². The van der Waals surface area contributed by atoms with Crippen molar-refractivity contribution >= 4 is 17.8 Å². The van der Waals surface area contributed by atoms with Crippen molar-refractivity contribution in [2.75, 3.05) is 20.6 Å². The molecule has 1 aliphatic rings. The monoisotopic (exact) mass is 395 g/mol. The molecule has 0 spiro atoms. The number of likely N-dealkylation sites (N-methyl/N-ethyl adjacent to an activating group) is 2. The first-order valence-electron chi connectivity index (χ1n) is 9.96. The Balaban J connectivity index is 3.09. The van der Waals surface area contributed by atoms with Gasteiger partial charge in [-0.1, -0.05) is 40.7 Å². The van der Waals surface area contributed by atoms with Gasteiger partial charge in [0.2, 0.25) is 11.8 Å². The number of carboxylic acids is 1. The molecule has 0 unspecified atom stereocenters. The molecule has 1 fully saturated rings. The van der Waals surface area contributed by atoms with Crippen LogP contribution in [0, 0.1) is 11.3 Å². The van der Waals surface area contributed by atoms with Crippen molar-refractivity contribution in [2.45, 2.75) is 72.5 Å². The van der Waals surface area contributed by atoms with Crippen molar-refractivity contribution in [1.82, 2.24) is 15.1 Å². The molecule has 160 valence electrons. The number of carbonyl (C=O) groups is 3. The number of nitrogens with one attached hydrogen (secondary N) is 1. The van der Waals surface area contributed by atoms with E-state index in [4.69, 9.17) is 0 Å². The topological polar surface area (TPSA) is 90.0 Å². The van der Waals surface area contributed by atoms with Crippen molar-refractivity contribution < 1.29 is 19.5 Å². The maximum atomic E-state index is 13.3. The van der Waals surface area contributed by atoms with Crippen LogP contribution in [-0.4, -0.2) is 71.5 Å². The molecule has 7 nitrogen and oxygen atoms in total. The van der Waals surface area contributed by atoms with Crippen molar-refractivity contribution in [2.24, 2.45) is 11.3 Å². The fourth-order valence-electron chi connectivity index (χ4n) is 3.56. The largest absolute Gasteiger partial charge is 0.478 e. The molecule has 7 heteroatoms. The van der Waals surface area contributed by atoms with E-state index < -0.39 is 17.4 Å². The van der Waals surface area contributed by atoms with E-state index >= 15 is 0 Å². The van der Waals surface area contributed by atoms with Gasteiger partial charge in [-0.2, -0.15) is 0 Å². The average Bonchev–Trinajstić information content (AvgIpc) is 3.00. The van der Waals surface area contributed by atoms with Gasteiger partial charge in [0.15, 0.2) is 0 Å². The van der Waals surface area contributed by atoms with Gasteiger partial charge in [-0.05, 0) is 44.7 Å². The maximum Gasteiger partial charge on any atom is 0.331 e. The van der Waals surface area contributed by atoms with E-state index in [0.717, 1.165) is 19.4 Å². The summed E-state index contributed by atoms with van der Waals surface area (Å²) in [4.78, 5) is 40.9. The molecule has 0 saturated carbocycles. The van der Waals surface area contributed by atoms with Crippen molar-refractivity contribution in [3.05, 3.63) is 11.6 Å². The van der Waals surface area contributed by atoms with Crippen LogP contribution in [-0.2, 0) is 14.4 Å². The summed E-state index contributed by atoms with van der Waals surface area (Å²) in [5.74, 6) is -1.31. The molecule has 1 aliphatic heterocycles. The van der Waals surface area contributed by atoms with E-state index in [2.05, 4.69) is 5.32 Å². The summed E-state index contributed by atoms with van der Waals surface area (Å²) in [6.45, 7) is 12.0. The third-order valence-electron chi connectivity index (χ3n) is 5.46. The molecule has 28 heavy (non-hydrogen) atoms. The Hall–Kier alpha value is -1.89. The normalized spacial score (nSPS) is 20.8. The van der Waals surface area contributed by atoms with E-state index in [9.17, 15) is 19.5 Å². The highest BCUT2D eigenvalue weighted by Crippen LogP contribution is 2.25. The molecule has 0 aliphatic carbocycles. The summed E-state index contributed by atoms with van der Waals surface area (Å²) in [5.41, 5.74) is -0.284. The second kappa shape index (κ2) is 9.54. The molecule has 3 atom stereocenters. The molecule has 0 aromatic heterocycles. The van der Waals surface area contributed by atoms with Crippen LogP contribution in [0.1, 0.15) is 54.4 Å². The van der Waals surface area contributed by atoms with E-state index in [1.807, 2.05) is 46.6 Å². The molecule has 0 bridgehead atoms. The zero-order chi connectivity index (χ0) is 21.8. The summed E-state index contributed by atoms with van der Waals surface area (Å²) >= 11 is 0. The standard InChI is InChI=1S/C21H37N3O4/c1-13(2)16(12-14(3)20(27)28)24(8)19(26)17(21(4,5)6)22-18(25)15-10-9-11-23(15)7/h12-13,15-17H,9-11H2,1-8H3,(H,22,25)(H,27,28)/t15-,16+,17+/m0/s1. The highest BCUT2D eigenvalue weighted by atomic mass is 16.4. The van der Waals surface area contributed by atoms with Gasteiger partial charge < -0.3 is 15.3 Å². The summed E-state index contributed by atoms with van der Waals surface area (Å²) < 4.78 is 0. The van der Waals surface area contributed by atoms with Gasteiger partial charge in [-0.25, -0.2) is 4.79 Å². The van der Waals surface area contributed by atoms with Crippen LogP contribution < -0.4 is 5.32 Å². The molecule has 1 saturated heterocycles. The lowest BCUT2D eigenvalue weighted by molar-refractivity contribution is -0.141. The second-order valence-electron chi connectivity index (χ2n) is 9.28. The Morgan fingerprint density at radius 1 is 1.25 bits per heavy atom. The third-order valence-corrected chi connectivity index (χ3v) is 5.46. The molecule has 2 amide bonds. The third kappa shape index (κ3) is 6.06. The highest BCUT2D eigenvalue weighted by Gasteiger charge is 2.39. The molecule has 1 heterocycles. The first-order chi connectivity index (χ1) is 12.8. The summed E-state index contributed by atoms with van der Waals surface area (Å²) in [6, 6.07) is -1.28. The summed E-state index contributed by atoms with van der Waals surface area (Å²) in [6.07, 6.45) is 3.37. The van der Waals surface area contributed by atoms with Crippen LogP contribution in [0.5, 0.6) is 0 Å². The van der Waals surface area contributed by atoms with Gasteiger partial charge >= 0.3 is 5.97 Å². The molecule has 1 rings (SSSR count). The first kappa shape index (κ1) is 24.1. The number of rotatable bonds is 7. The number of carboxylic acid groups (broad SMARTS) is 1. The van der Waals surface area contributed by atoms with Gasteiger partial charge in [0.25, 0.3) is 0 Å². The van der Waals surface area contributed by atoms with E-state index in [-0.39, 0.29) is 35.4 Å². The number of amides is 2. The van der Waals surface area contributed by atoms with E-state index in [1.165, 1.54) is 6.92 Å². The fourth-order valence-corrected chi connectivity index (χ4v) is 3.56. The Morgan fingerprint density at radius 2 is 1.82 bits per heavy atom. The lowest BCUT2D eigenvalue weighted by atomic mass is 9.85. The van der Waals surface area contributed by atoms with Crippen LogP contribution in [0.4, 0.5) is 0 Å². The number of aliphatic carboxylic acids is 1. The van der Waals surface area contributed by atoms with Crippen molar-refractivity contribution in [3.8, 4) is 0 Å². The smallest absolute Gasteiger partial charge is 0.331 e. The minimum Gasteiger partial charge on any atom is -0.478 e. The number of hydrogen-bond acceptors (Lipinski definition) is 4. The SMILES string of the molecule is CC(=C[C@H](C(C)C)N(C)C(=O)[C@@H](NC(=O)[C@@H]1CCCN1C)C(C)(C)C)C(=O)O. The molecule has 2 N–H and O–H groups in total. The number of carbonyl (C=O) groups excluding carboxylic acids is 2. The van der Waals surface area contributed by atoms with E-state index in [0.29, 0.717) is 0 Å². The number of likely N-dealkylation sites (tertiary alicyclic amines) is 1. The number of nitrogens with zero attached hydrogens (tertiary/aromatic N) is 2. The summed E-state index contributed by atoms with van der Waals surface area (Å²) in [7, 11) is 3.59. The van der Waals surface area contributed by atoms with Crippen LogP contribution in [0.15, 0.2) is 11.6 Å². The van der Waals surface area contributed by atoms with Gasteiger partial charge in [-0.3, -0.25) is 14.5 Å². The predicted octanol–water partition coefficient (Wildman–Crippen LogP) is 2.13. The van der Waals surface area contributed by atoms with Crippen LogP contribution in [0.25, 0.3) is 0 Å². The number of hydrogen-bond donors (Lipinski definition) is 2. The quantitative estimate of drug-likeness (QED) is 0.645. The average molecular weight is 396 g/mol. The van der Waals surface area contributed by atoms with Gasteiger partial charge in [0.05, 0.1) is 12.1 Å². The molecule has 0 aromatic carbocycles. The van der Waals surface area contributed by atoms with Gasteiger partial charge in [-0.15, -0.1) is 0 Å². The second-order valence-corrected chi connectivity index (χ2v) is 9.28. The minimum atomic E-state index is -1.00. The Morgan fingerprint density at radius 3 is 2.21 bits per heavy atom. The molecule has 0 radical (unpaired) electrons. The fraction of sp³-hybridized carbons (Fsp3) is 0.762. The zero-order valence-electron chi connectivity index (χ0n) is 18.6. The molecule has 0 aromatic rings. The first-order valence-corrected chi connectivity index (χ1v) is 9.96. The molecular weight excluding hydrogens is 358 g/mol. The van der Waals surface area contributed by atoms with Gasteiger partial charge in [0, 0.05) is 12.6 Å².